The lowest BCUT2D eigenvalue weighted by Crippen LogP contribution is -2.47. The van der Waals surface area contributed by atoms with Crippen LogP contribution in [0.4, 0.5) is 5.95 Å². The average Bonchev–Trinajstić information content (AvgIpc) is 2.56. The van der Waals surface area contributed by atoms with Crippen LogP contribution in [0.25, 0.3) is 6.08 Å². The fourth-order valence-corrected chi connectivity index (χ4v) is 2.96. The zero-order valence-electron chi connectivity index (χ0n) is 14.3. The number of benzene rings is 1. The van der Waals surface area contributed by atoms with E-state index in [2.05, 4.69) is 63.1 Å². The first-order chi connectivity index (χ1) is 11.6. The highest BCUT2D eigenvalue weighted by Crippen LogP contribution is 2.11. The third kappa shape index (κ3) is 4.11. The van der Waals surface area contributed by atoms with Crippen molar-refractivity contribution >= 4 is 12.0 Å². The van der Waals surface area contributed by atoms with Gasteiger partial charge in [-0.1, -0.05) is 36.4 Å². The predicted octanol–water partition coefficient (Wildman–Crippen LogP) is 2.22. The van der Waals surface area contributed by atoms with Gasteiger partial charge in [-0.25, -0.2) is 4.98 Å². The van der Waals surface area contributed by atoms with Crippen LogP contribution in [0.15, 0.2) is 41.2 Å². The molecule has 5 heteroatoms. The van der Waals surface area contributed by atoms with Crippen molar-refractivity contribution in [3.8, 4) is 0 Å². The van der Waals surface area contributed by atoms with E-state index in [1.807, 2.05) is 6.92 Å². The highest BCUT2D eigenvalue weighted by atomic mass is 16.1. The van der Waals surface area contributed by atoms with Gasteiger partial charge in [0.2, 0.25) is 5.95 Å². The molecular formula is C19H24N4O. The summed E-state index contributed by atoms with van der Waals surface area (Å²) in [4.78, 5) is 23.4. The van der Waals surface area contributed by atoms with Gasteiger partial charge in [-0.3, -0.25) is 14.7 Å². The van der Waals surface area contributed by atoms with Crippen molar-refractivity contribution in [1.82, 2.24) is 14.9 Å². The Morgan fingerprint density at radius 3 is 2.62 bits per heavy atom. The second-order valence-corrected chi connectivity index (χ2v) is 6.26. The van der Waals surface area contributed by atoms with Crippen LogP contribution < -0.4 is 10.5 Å². The summed E-state index contributed by atoms with van der Waals surface area (Å²) in [6, 6.07) is 9.93. The summed E-state index contributed by atoms with van der Waals surface area (Å²) in [5.74, 6) is 0.690. The molecular weight excluding hydrogens is 300 g/mol. The minimum Gasteiger partial charge on any atom is -0.340 e. The minimum atomic E-state index is -0.0823. The molecule has 0 aliphatic carbocycles. The fraction of sp³-hybridized carbons (Fsp3) is 0.368. The van der Waals surface area contributed by atoms with E-state index in [1.54, 1.807) is 0 Å². The lowest BCUT2D eigenvalue weighted by molar-refractivity contribution is 0.283. The van der Waals surface area contributed by atoms with E-state index in [9.17, 15) is 4.79 Å². The van der Waals surface area contributed by atoms with Gasteiger partial charge in [0, 0.05) is 44.5 Å². The molecule has 0 radical (unpaired) electrons. The van der Waals surface area contributed by atoms with Crippen molar-refractivity contribution in [2.45, 2.75) is 13.8 Å². The Morgan fingerprint density at radius 1 is 1.17 bits per heavy atom. The first kappa shape index (κ1) is 16.5. The zero-order valence-corrected chi connectivity index (χ0v) is 14.3. The topological polar surface area (TPSA) is 52.2 Å². The number of hydrogen-bond donors (Lipinski definition) is 1. The third-order valence-corrected chi connectivity index (χ3v) is 4.38. The van der Waals surface area contributed by atoms with Crippen molar-refractivity contribution in [2.24, 2.45) is 0 Å². The van der Waals surface area contributed by atoms with Crippen LogP contribution in [0.5, 0.6) is 0 Å². The van der Waals surface area contributed by atoms with Gasteiger partial charge in [0.25, 0.3) is 5.56 Å². The molecule has 1 aliphatic heterocycles. The first-order valence-electron chi connectivity index (χ1n) is 8.39. The number of H-pyrrole nitrogens is 1. The first-order valence-corrected chi connectivity index (χ1v) is 8.39. The molecule has 1 aliphatic rings. The SMILES string of the molecule is Cc1cc(=O)[nH]c(N2CCN(C/C=C/c3ccccc3C)CC2)n1. The highest BCUT2D eigenvalue weighted by molar-refractivity contribution is 5.53. The maximum Gasteiger partial charge on any atom is 0.252 e. The Labute approximate surface area is 142 Å². The molecule has 2 heterocycles. The summed E-state index contributed by atoms with van der Waals surface area (Å²) in [5, 5.41) is 0. The summed E-state index contributed by atoms with van der Waals surface area (Å²) in [6.45, 7) is 8.63. The molecule has 0 atom stereocenters. The van der Waals surface area contributed by atoms with Crippen molar-refractivity contribution < 1.29 is 0 Å². The van der Waals surface area contributed by atoms with E-state index < -0.39 is 0 Å². The lowest BCUT2D eigenvalue weighted by Gasteiger charge is -2.34. The summed E-state index contributed by atoms with van der Waals surface area (Å²) < 4.78 is 0. The Hall–Kier alpha value is -2.40. The standard InChI is InChI=1S/C19H24N4O/c1-15-6-3-4-7-17(15)8-5-9-22-10-12-23(13-11-22)19-20-16(2)14-18(24)21-19/h3-8,14H,9-13H2,1-2H3,(H,20,21,24)/b8-5+. The number of nitrogens with one attached hydrogen (secondary N) is 1. The monoisotopic (exact) mass is 324 g/mol. The quantitative estimate of drug-likeness (QED) is 0.937. The number of aromatic nitrogens is 2. The molecule has 0 amide bonds. The van der Waals surface area contributed by atoms with Gasteiger partial charge in [0.05, 0.1) is 0 Å². The molecule has 1 aromatic heterocycles. The Kier molecular flexibility index (Phi) is 5.11. The van der Waals surface area contributed by atoms with Gasteiger partial charge in [0.1, 0.15) is 0 Å². The van der Waals surface area contributed by atoms with E-state index in [-0.39, 0.29) is 5.56 Å². The van der Waals surface area contributed by atoms with E-state index in [0.29, 0.717) is 5.95 Å². The maximum atomic E-state index is 11.6. The van der Waals surface area contributed by atoms with E-state index >= 15 is 0 Å². The molecule has 1 saturated heterocycles. The number of nitrogens with zero attached hydrogens (tertiary/aromatic N) is 3. The van der Waals surface area contributed by atoms with Crippen LogP contribution in [0.1, 0.15) is 16.8 Å². The Balaban J connectivity index is 1.54. The molecule has 1 aromatic carbocycles. The van der Waals surface area contributed by atoms with Crippen molar-refractivity contribution in [1.29, 1.82) is 0 Å². The van der Waals surface area contributed by atoms with Crippen LogP contribution in [0, 0.1) is 13.8 Å². The van der Waals surface area contributed by atoms with Gasteiger partial charge in [0.15, 0.2) is 0 Å². The summed E-state index contributed by atoms with van der Waals surface area (Å²) in [7, 11) is 0. The van der Waals surface area contributed by atoms with Crippen LogP contribution in [0.2, 0.25) is 0 Å². The lowest BCUT2D eigenvalue weighted by atomic mass is 10.1. The molecule has 0 unspecified atom stereocenters. The van der Waals surface area contributed by atoms with Crippen LogP contribution in [-0.2, 0) is 0 Å². The molecule has 24 heavy (non-hydrogen) atoms. The number of aryl methyl sites for hydroxylation is 2. The number of rotatable bonds is 4. The fourth-order valence-electron chi connectivity index (χ4n) is 2.96. The molecule has 1 N–H and O–H groups in total. The second kappa shape index (κ2) is 7.45. The molecule has 0 saturated carbocycles. The van der Waals surface area contributed by atoms with Crippen LogP contribution in [0.3, 0.4) is 0 Å². The molecule has 0 bridgehead atoms. The van der Waals surface area contributed by atoms with E-state index in [1.165, 1.54) is 17.2 Å². The van der Waals surface area contributed by atoms with Gasteiger partial charge in [-0.15, -0.1) is 0 Å². The number of hydrogen-bond acceptors (Lipinski definition) is 4. The van der Waals surface area contributed by atoms with Gasteiger partial charge in [-0.05, 0) is 25.0 Å². The summed E-state index contributed by atoms with van der Waals surface area (Å²) in [5.41, 5.74) is 3.25. The van der Waals surface area contributed by atoms with Crippen LogP contribution in [-0.4, -0.2) is 47.6 Å². The van der Waals surface area contributed by atoms with Crippen molar-refractivity contribution in [3.63, 3.8) is 0 Å². The van der Waals surface area contributed by atoms with Crippen molar-refractivity contribution in [2.75, 3.05) is 37.6 Å². The van der Waals surface area contributed by atoms with E-state index in [4.69, 9.17) is 0 Å². The maximum absolute atomic E-state index is 11.6. The van der Waals surface area contributed by atoms with Gasteiger partial charge >= 0.3 is 0 Å². The largest absolute Gasteiger partial charge is 0.340 e. The van der Waals surface area contributed by atoms with Gasteiger partial charge in [-0.2, -0.15) is 0 Å². The molecule has 2 aromatic rings. The molecule has 5 nitrogen and oxygen atoms in total. The molecule has 126 valence electrons. The number of aromatic amines is 1. The normalized spacial score (nSPS) is 16.0. The molecule has 3 rings (SSSR count). The second-order valence-electron chi connectivity index (χ2n) is 6.26. The van der Waals surface area contributed by atoms with Crippen LogP contribution >= 0.6 is 0 Å². The predicted molar refractivity (Wildman–Crippen MR) is 98.5 cm³/mol. The summed E-state index contributed by atoms with van der Waals surface area (Å²) in [6.07, 6.45) is 4.42. The Morgan fingerprint density at radius 2 is 1.92 bits per heavy atom. The zero-order chi connectivity index (χ0) is 16.9. The van der Waals surface area contributed by atoms with E-state index in [0.717, 1.165) is 38.4 Å². The molecule has 0 spiro atoms. The smallest absolute Gasteiger partial charge is 0.252 e. The van der Waals surface area contributed by atoms with Gasteiger partial charge < -0.3 is 4.90 Å². The summed E-state index contributed by atoms with van der Waals surface area (Å²) >= 11 is 0. The Bertz CT molecular complexity index is 773. The average molecular weight is 324 g/mol. The molecule has 1 fully saturated rings. The minimum absolute atomic E-state index is 0.0823. The van der Waals surface area contributed by atoms with Crippen molar-refractivity contribution in [3.05, 3.63) is 63.6 Å². The number of anilines is 1. The number of piperazine rings is 1. The third-order valence-electron chi connectivity index (χ3n) is 4.38. The highest BCUT2D eigenvalue weighted by Gasteiger charge is 2.17.